The van der Waals surface area contributed by atoms with Gasteiger partial charge < -0.3 is 4.74 Å². The summed E-state index contributed by atoms with van der Waals surface area (Å²) in [6, 6.07) is 14.0. The van der Waals surface area contributed by atoms with E-state index in [0.717, 1.165) is 11.1 Å². The Balaban J connectivity index is 1.99. The van der Waals surface area contributed by atoms with Crippen molar-refractivity contribution in [3.05, 3.63) is 70.8 Å². The first-order valence-electron chi connectivity index (χ1n) is 6.69. The Morgan fingerprint density at radius 1 is 1.09 bits per heavy atom. The number of nitrogens with zero attached hydrogens (tertiary/aromatic N) is 1. The molecule has 5 heteroatoms. The van der Waals surface area contributed by atoms with Gasteiger partial charge in [0.05, 0.1) is 18.9 Å². The van der Waals surface area contributed by atoms with Gasteiger partial charge in [0.2, 0.25) is 0 Å². The van der Waals surface area contributed by atoms with Crippen molar-refractivity contribution < 1.29 is 14.3 Å². The van der Waals surface area contributed by atoms with Crippen LogP contribution in [0.1, 0.15) is 31.8 Å². The highest BCUT2D eigenvalue weighted by Crippen LogP contribution is 2.06. The average molecular weight is 296 g/mol. The maximum absolute atomic E-state index is 12.0. The van der Waals surface area contributed by atoms with E-state index in [9.17, 15) is 9.59 Å². The Kier molecular flexibility index (Phi) is 5.03. The van der Waals surface area contributed by atoms with Gasteiger partial charge in [0.25, 0.3) is 5.91 Å². The van der Waals surface area contributed by atoms with Crippen molar-refractivity contribution in [1.82, 2.24) is 5.43 Å². The lowest BCUT2D eigenvalue weighted by Gasteiger charge is -2.03. The lowest BCUT2D eigenvalue weighted by atomic mass is 10.1. The van der Waals surface area contributed by atoms with Gasteiger partial charge in [-0.1, -0.05) is 30.3 Å². The van der Waals surface area contributed by atoms with Gasteiger partial charge in [0, 0.05) is 5.56 Å². The number of hydrazone groups is 1. The van der Waals surface area contributed by atoms with Crippen LogP contribution >= 0.6 is 0 Å². The van der Waals surface area contributed by atoms with Crippen molar-refractivity contribution >= 4 is 18.1 Å². The fraction of sp³-hybridized carbons (Fsp3) is 0.118. The molecular weight excluding hydrogens is 280 g/mol. The number of hydrogen-bond donors (Lipinski definition) is 1. The van der Waals surface area contributed by atoms with E-state index in [1.165, 1.54) is 13.3 Å². The van der Waals surface area contributed by atoms with Crippen molar-refractivity contribution in [3.8, 4) is 0 Å². The third kappa shape index (κ3) is 3.79. The summed E-state index contributed by atoms with van der Waals surface area (Å²) in [6.07, 6.45) is 1.51. The molecule has 0 heterocycles. The molecule has 0 aliphatic heterocycles. The van der Waals surface area contributed by atoms with E-state index < -0.39 is 5.97 Å². The van der Waals surface area contributed by atoms with Crippen LogP contribution in [0.25, 0.3) is 0 Å². The number of esters is 1. The predicted octanol–water partition coefficient (Wildman–Crippen LogP) is 2.55. The van der Waals surface area contributed by atoms with E-state index in [2.05, 4.69) is 15.3 Å². The van der Waals surface area contributed by atoms with Crippen LogP contribution in [-0.4, -0.2) is 25.2 Å². The van der Waals surface area contributed by atoms with Gasteiger partial charge >= 0.3 is 5.97 Å². The van der Waals surface area contributed by atoms with Crippen LogP contribution in [0.15, 0.2) is 53.6 Å². The maximum Gasteiger partial charge on any atom is 0.337 e. The Morgan fingerprint density at radius 2 is 1.77 bits per heavy atom. The molecule has 0 fully saturated rings. The van der Waals surface area contributed by atoms with Crippen molar-refractivity contribution in [2.75, 3.05) is 7.11 Å². The lowest BCUT2D eigenvalue weighted by molar-refractivity contribution is 0.0600. The van der Waals surface area contributed by atoms with E-state index in [0.29, 0.717) is 11.1 Å². The number of amides is 1. The third-order valence-electron chi connectivity index (χ3n) is 3.10. The smallest absolute Gasteiger partial charge is 0.337 e. The first-order valence-corrected chi connectivity index (χ1v) is 6.69. The highest BCUT2D eigenvalue weighted by Gasteiger charge is 2.06. The largest absolute Gasteiger partial charge is 0.465 e. The zero-order chi connectivity index (χ0) is 15.9. The number of ether oxygens (including phenoxy) is 1. The number of carbonyl (C=O) groups excluding carboxylic acids is 2. The topological polar surface area (TPSA) is 67.8 Å². The number of rotatable bonds is 4. The van der Waals surface area contributed by atoms with Crippen molar-refractivity contribution in [1.29, 1.82) is 0 Å². The molecule has 0 atom stereocenters. The zero-order valence-corrected chi connectivity index (χ0v) is 12.4. The molecule has 0 aliphatic rings. The Hall–Kier alpha value is -2.95. The monoisotopic (exact) mass is 296 g/mol. The predicted molar refractivity (Wildman–Crippen MR) is 84.0 cm³/mol. The Labute approximate surface area is 128 Å². The van der Waals surface area contributed by atoms with Crippen molar-refractivity contribution in [2.45, 2.75) is 6.92 Å². The fourth-order valence-electron chi connectivity index (χ4n) is 1.88. The molecular formula is C17H16N2O3. The van der Waals surface area contributed by atoms with Gasteiger partial charge in [0.15, 0.2) is 0 Å². The second-order valence-electron chi connectivity index (χ2n) is 4.63. The minimum atomic E-state index is -0.392. The fourth-order valence-corrected chi connectivity index (χ4v) is 1.88. The summed E-state index contributed by atoms with van der Waals surface area (Å²) in [4.78, 5) is 23.3. The van der Waals surface area contributed by atoms with Crippen molar-refractivity contribution in [3.63, 3.8) is 0 Å². The highest BCUT2D eigenvalue weighted by atomic mass is 16.5. The van der Waals surface area contributed by atoms with Gasteiger partial charge in [-0.2, -0.15) is 5.10 Å². The molecule has 2 rings (SSSR count). The second-order valence-corrected chi connectivity index (χ2v) is 4.63. The summed E-state index contributed by atoms with van der Waals surface area (Å²) >= 11 is 0. The summed E-state index contributed by atoms with van der Waals surface area (Å²) in [5, 5.41) is 3.91. The number of methoxy groups -OCH3 is 1. The van der Waals surface area contributed by atoms with Gasteiger partial charge in [-0.25, -0.2) is 10.2 Å². The van der Waals surface area contributed by atoms with E-state index >= 15 is 0 Å². The molecule has 2 aromatic carbocycles. The molecule has 0 saturated heterocycles. The van der Waals surface area contributed by atoms with E-state index in [4.69, 9.17) is 0 Å². The molecule has 112 valence electrons. The van der Waals surface area contributed by atoms with Crippen molar-refractivity contribution in [2.24, 2.45) is 5.10 Å². The highest BCUT2D eigenvalue weighted by molar-refractivity contribution is 5.96. The van der Waals surface area contributed by atoms with Gasteiger partial charge in [-0.05, 0) is 36.2 Å². The lowest BCUT2D eigenvalue weighted by Crippen LogP contribution is -2.18. The molecule has 1 amide bonds. The molecule has 0 aromatic heterocycles. The molecule has 0 radical (unpaired) electrons. The van der Waals surface area contributed by atoms with Crippen LogP contribution in [0, 0.1) is 6.92 Å². The molecule has 0 saturated carbocycles. The summed E-state index contributed by atoms with van der Waals surface area (Å²) in [5.41, 5.74) is 5.17. The summed E-state index contributed by atoms with van der Waals surface area (Å²) < 4.78 is 4.62. The summed E-state index contributed by atoms with van der Waals surface area (Å²) in [7, 11) is 1.33. The summed E-state index contributed by atoms with van der Waals surface area (Å²) in [5.74, 6) is -0.656. The standard InChI is InChI=1S/C17H16N2O3/c1-12-5-3-4-6-15(12)16(20)19-18-11-13-7-9-14(10-8-13)17(21)22-2/h3-11H,1-2H3,(H,19,20). The van der Waals surface area contributed by atoms with Crippen LogP contribution in [0.4, 0.5) is 0 Å². The minimum absolute atomic E-state index is 0.263. The average Bonchev–Trinajstić information content (AvgIpc) is 2.55. The van der Waals surface area contributed by atoms with Crippen LogP contribution in [0.2, 0.25) is 0 Å². The van der Waals surface area contributed by atoms with Crippen LogP contribution < -0.4 is 5.43 Å². The van der Waals surface area contributed by atoms with Gasteiger partial charge in [-0.3, -0.25) is 4.79 Å². The maximum atomic E-state index is 12.0. The molecule has 2 aromatic rings. The summed E-state index contributed by atoms with van der Waals surface area (Å²) in [6.45, 7) is 1.87. The zero-order valence-electron chi connectivity index (χ0n) is 12.4. The quantitative estimate of drug-likeness (QED) is 0.535. The first kappa shape index (κ1) is 15.4. The van der Waals surface area contributed by atoms with E-state index in [-0.39, 0.29) is 5.91 Å². The molecule has 22 heavy (non-hydrogen) atoms. The Morgan fingerprint density at radius 3 is 2.41 bits per heavy atom. The molecule has 1 N–H and O–H groups in total. The Bertz CT molecular complexity index is 706. The van der Waals surface area contributed by atoms with Crippen LogP contribution in [-0.2, 0) is 4.74 Å². The molecule has 0 spiro atoms. The number of aryl methyl sites for hydroxylation is 1. The molecule has 5 nitrogen and oxygen atoms in total. The second kappa shape index (κ2) is 7.17. The molecule has 0 unspecified atom stereocenters. The first-order chi connectivity index (χ1) is 10.6. The SMILES string of the molecule is COC(=O)c1ccc(C=NNC(=O)c2ccccc2C)cc1. The van der Waals surface area contributed by atoms with Gasteiger partial charge in [0.1, 0.15) is 0 Å². The molecule has 0 bridgehead atoms. The van der Waals surface area contributed by atoms with E-state index in [1.807, 2.05) is 19.1 Å². The van der Waals surface area contributed by atoms with E-state index in [1.54, 1.807) is 36.4 Å². The minimum Gasteiger partial charge on any atom is -0.465 e. The number of nitrogens with one attached hydrogen (secondary N) is 1. The normalized spacial score (nSPS) is 10.5. The molecule has 0 aliphatic carbocycles. The van der Waals surface area contributed by atoms with Gasteiger partial charge in [-0.15, -0.1) is 0 Å². The number of carbonyl (C=O) groups is 2. The number of benzene rings is 2. The third-order valence-corrected chi connectivity index (χ3v) is 3.10. The van der Waals surface area contributed by atoms with Crippen LogP contribution in [0.5, 0.6) is 0 Å². The van der Waals surface area contributed by atoms with Crippen LogP contribution in [0.3, 0.4) is 0 Å². The number of hydrogen-bond acceptors (Lipinski definition) is 4.